The van der Waals surface area contributed by atoms with Gasteiger partial charge in [-0.05, 0) is 114 Å². The van der Waals surface area contributed by atoms with Crippen LogP contribution in [0.15, 0.2) is 229 Å². The maximum atomic E-state index is 7.24. The minimum Gasteiger partial charge on any atom is -0.454 e. The zero-order valence-corrected chi connectivity index (χ0v) is 35.7. The Morgan fingerprint density at radius 1 is 0.375 bits per heavy atom. The number of benzene rings is 10. The van der Waals surface area contributed by atoms with E-state index in [1.807, 2.05) is 0 Å². The predicted octanol–water partition coefficient (Wildman–Crippen LogP) is 16.5. The van der Waals surface area contributed by atoms with E-state index >= 15 is 0 Å². The largest absolute Gasteiger partial charge is 0.454 e. The zero-order chi connectivity index (χ0) is 42.6. The molecule has 11 aromatic rings. The maximum Gasteiger partial charge on any atom is 0.160 e. The highest BCUT2D eigenvalue weighted by Crippen LogP contribution is 2.59. The molecule has 0 aliphatic heterocycles. The number of fused-ring (bicyclic) bond motifs is 10. The molecule has 2 heteroatoms. The lowest BCUT2D eigenvalue weighted by atomic mass is 9.67. The molecular formula is C62H43NO. The van der Waals surface area contributed by atoms with Crippen molar-refractivity contribution < 1.29 is 4.42 Å². The van der Waals surface area contributed by atoms with Gasteiger partial charge in [-0.25, -0.2) is 0 Å². The molecule has 0 radical (unpaired) electrons. The minimum atomic E-state index is -0.564. The zero-order valence-electron chi connectivity index (χ0n) is 35.7. The van der Waals surface area contributed by atoms with Crippen molar-refractivity contribution in [3.63, 3.8) is 0 Å². The summed E-state index contributed by atoms with van der Waals surface area (Å²) in [5.41, 5.74) is 19.2. The fraction of sp³-hybridized carbons (Fsp3) is 0.0645. The van der Waals surface area contributed by atoms with E-state index < -0.39 is 5.41 Å². The molecule has 2 aliphatic rings. The smallest absolute Gasteiger partial charge is 0.160 e. The molecule has 0 fully saturated rings. The van der Waals surface area contributed by atoms with Gasteiger partial charge in [0.25, 0.3) is 0 Å². The molecular weight excluding hydrogens is 775 g/mol. The van der Waals surface area contributed by atoms with Crippen molar-refractivity contribution in [2.75, 3.05) is 4.90 Å². The minimum absolute atomic E-state index is 0.198. The van der Waals surface area contributed by atoms with Gasteiger partial charge in [0, 0.05) is 33.1 Å². The molecule has 302 valence electrons. The Morgan fingerprint density at radius 2 is 0.875 bits per heavy atom. The summed E-state index contributed by atoms with van der Waals surface area (Å²) in [5, 5.41) is 4.55. The van der Waals surface area contributed by atoms with Crippen molar-refractivity contribution in [3.05, 3.63) is 258 Å². The van der Waals surface area contributed by atoms with Crippen molar-refractivity contribution >= 4 is 49.8 Å². The van der Waals surface area contributed by atoms with E-state index in [4.69, 9.17) is 4.42 Å². The van der Waals surface area contributed by atoms with Gasteiger partial charge >= 0.3 is 0 Å². The summed E-state index contributed by atoms with van der Waals surface area (Å²) in [7, 11) is 0. The molecule has 13 rings (SSSR count). The Labute approximate surface area is 373 Å². The maximum absolute atomic E-state index is 7.24. The first-order chi connectivity index (χ1) is 31.5. The van der Waals surface area contributed by atoms with E-state index in [0.29, 0.717) is 0 Å². The SMILES string of the molecule is CC1(C)c2ccccc2-c2ccc(N(c3ccc4c(c3)C(c3ccccc3)(c3ccccc3)c3ccccc3-4)c3c(-c4ccccc4)ccc4c3oc3cc5ccccc5cc34)cc21. The van der Waals surface area contributed by atoms with Crippen LogP contribution >= 0.6 is 0 Å². The van der Waals surface area contributed by atoms with Gasteiger partial charge in [-0.3, -0.25) is 0 Å². The van der Waals surface area contributed by atoms with Crippen LogP contribution in [0.1, 0.15) is 47.2 Å². The Bertz CT molecular complexity index is 3600. The molecule has 0 saturated carbocycles. The van der Waals surface area contributed by atoms with Gasteiger partial charge in [-0.15, -0.1) is 0 Å². The standard InChI is InChI=1S/C62H43NO/c1-61(2)54-28-16-14-26-48(54)50-32-30-45(38-56(50)61)63(59-47(40-18-6-3-7-19-40)34-35-52-53-36-41-20-12-13-21-42(41)37-58(53)64-60(52)59)46-31-33-51-49-27-15-17-29-55(49)62(57(51)39-46,43-22-8-4-9-23-43)44-24-10-5-11-25-44/h3-39H,1-2H3. The van der Waals surface area contributed by atoms with Crippen LogP contribution in [0.3, 0.4) is 0 Å². The number of hydrogen-bond donors (Lipinski definition) is 0. The van der Waals surface area contributed by atoms with Crippen LogP contribution in [0.2, 0.25) is 0 Å². The molecule has 1 aromatic heterocycles. The van der Waals surface area contributed by atoms with Crippen molar-refractivity contribution in [1.82, 2.24) is 0 Å². The van der Waals surface area contributed by atoms with Crippen LogP contribution in [0, 0.1) is 0 Å². The lowest BCUT2D eigenvalue weighted by molar-refractivity contribution is 0.660. The Balaban J connectivity index is 1.15. The Hall–Kier alpha value is -7.94. The first-order valence-corrected chi connectivity index (χ1v) is 22.3. The number of nitrogens with zero attached hydrogens (tertiary/aromatic N) is 1. The number of rotatable bonds is 6. The fourth-order valence-electron chi connectivity index (χ4n) is 11.4. The quantitative estimate of drug-likeness (QED) is 0.166. The molecule has 2 nitrogen and oxygen atoms in total. The third kappa shape index (κ3) is 5.14. The highest BCUT2D eigenvalue weighted by molar-refractivity contribution is 6.16. The summed E-state index contributed by atoms with van der Waals surface area (Å²) in [4.78, 5) is 2.50. The van der Waals surface area contributed by atoms with E-state index in [0.717, 1.165) is 55.5 Å². The van der Waals surface area contributed by atoms with Gasteiger partial charge in [0.1, 0.15) is 5.58 Å². The van der Waals surface area contributed by atoms with Gasteiger partial charge in [-0.2, -0.15) is 0 Å². The highest BCUT2D eigenvalue weighted by Gasteiger charge is 2.46. The van der Waals surface area contributed by atoms with Crippen LogP contribution in [0.25, 0.3) is 66.1 Å². The molecule has 0 bridgehead atoms. The van der Waals surface area contributed by atoms with E-state index in [1.165, 1.54) is 61.0 Å². The average molecular weight is 818 g/mol. The Morgan fingerprint density at radius 3 is 1.55 bits per heavy atom. The second-order valence-electron chi connectivity index (χ2n) is 18.0. The Kier molecular flexibility index (Phi) is 7.90. The van der Waals surface area contributed by atoms with Crippen molar-refractivity contribution in [1.29, 1.82) is 0 Å². The van der Waals surface area contributed by atoms with Crippen molar-refractivity contribution in [3.8, 4) is 33.4 Å². The normalized spacial score (nSPS) is 14.0. The second-order valence-corrected chi connectivity index (χ2v) is 18.0. The van der Waals surface area contributed by atoms with Crippen LogP contribution in [-0.2, 0) is 10.8 Å². The molecule has 64 heavy (non-hydrogen) atoms. The van der Waals surface area contributed by atoms with E-state index in [9.17, 15) is 0 Å². The first kappa shape index (κ1) is 36.7. The summed E-state index contributed by atoms with van der Waals surface area (Å²) in [5.74, 6) is 0. The van der Waals surface area contributed by atoms with E-state index in [-0.39, 0.29) is 5.41 Å². The molecule has 0 N–H and O–H groups in total. The monoisotopic (exact) mass is 817 g/mol. The summed E-state index contributed by atoms with van der Waals surface area (Å²) in [6.07, 6.45) is 0. The lowest BCUT2D eigenvalue weighted by Gasteiger charge is -2.35. The molecule has 0 atom stereocenters. The van der Waals surface area contributed by atoms with Gasteiger partial charge in [0.05, 0.1) is 11.1 Å². The predicted molar refractivity (Wildman–Crippen MR) is 266 cm³/mol. The third-order valence-electron chi connectivity index (χ3n) is 14.3. The summed E-state index contributed by atoms with van der Waals surface area (Å²) in [6.45, 7) is 4.74. The lowest BCUT2D eigenvalue weighted by Crippen LogP contribution is -2.28. The van der Waals surface area contributed by atoms with Crippen molar-refractivity contribution in [2.45, 2.75) is 24.7 Å². The molecule has 0 spiro atoms. The molecule has 1 heterocycles. The second kappa shape index (κ2) is 13.8. The first-order valence-electron chi connectivity index (χ1n) is 22.3. The fourth-order valence-corrected chi connectivity index (χ4v) is 11.4. The summed E-state index contributed by atoms with van der Waals surface area (Å²) >= 11 is 0. The number of hydrogen-bond acceptors (Lipinski definition) is 2. The van der Waals surface area contributed by atoms with Gasteiger partial charge < -0.3 is 9.32 Å². The number of anilines is 3. The molecule has 2 aliphatic carbocycles. The van der Waals surface area contributed by atoms with Crippen LogP contribution in [0.5, 0.6) is 0 Å². The van der Waals surface area contributed by atoms with Crippen LogP contribution in [0.4, 0.5) is 17.1 Å². The molecule has 0 saturated heterocycles. The summed E-state index contributed by atoms with van der Waals surface area (Å²) in [6, 6.07) is 82.8. The van der Waals surface area contributed by atoms with Gasteiger partial charge in [-0.1, -0.05) is 196 Å². The van der Waals surface area contributed by atoms with Gasteiger partial charge in [0.2, 0.25) is 0 Å². The van der Waals surface area contributed by atoms with Crippen LogP contribution < -0.4 is 4.90 Å². The highest BCUT2D eigenvalue weighted by atomic mass is 16.3. The molecule has 10 aromatic carbocycles. The van der Waals surface area contributed by atoms with E-state index in [2.05, 4.69) is 243 Å². The van der Waals surface area contributed by atoms with Crippen molar-refractivity contribution in [2.24, 2.45) is 0 Å². The average Bonchev–Trinajstić information content (AvgIpc) is 3.94. The molecule has 0 unspecified atom stereocenters. The van der Waals surface area contributed by atoms with Gasteiger partial charge in [0.15, 0.2) is 5.58 Å². The molecule has 0 amide bonds. The summed E-state index contributed by atoms with van der Waals surface area (Å²) < 4.78 is 7.24. The van der Waals surface area contributed by atoms with E-state index in [1.54, 1.807) is 0 Å². The van der Waals surface area contributed by atoms with Crippen LogP contribution in [-0.4, -0.2) is 0 Å². The third-order valence-corrected chi connectivity index (χ3v) is 14.3. The number of furan rings is 1. The topological polar surface area (TPSA) is 16.4 Å².